The van der Waals surface area contributed by atoms with Gasteiger partial charge >= 0.3 is 11.7 Å². The summed E-state index contributed by atoms with van der Waals surface area (Å²) >= 11 is 5.97. The Morgan fingerprint density at radius 3 is 2.70 bits per heavy atom. The monoisotopic (exact) mass is 334 g/mol. The van der Waals surface area contributed by atoms with E-state index in [1.807, 2.05) is 5.43 Å². The number of nitrogens with two attached hydrogens (primary N) is 1. The Morgan fingerprint density at radius 1 is 1.30 bits per heavy atom. The van der Waals surface area contributed by atoms with Crippen molar-refractivity contribution in [1.29, 1.82) is 0 Å². The summed E-state index contributed by atoms with van der Waals surface area (Å²) in [6.07, 6.45) is 1.22. The molecule has 2 amide bonds. The van der Waals surface area contributed by atoms with Gasteiger partial charge in [-0.3, -0.25) is 10.1 Å². The summed E-state index contributed by atoms with van der Waals surface area (Å²) in [5, 5.41) is 15.1. The third-order valence-corrected chi connectivity index (χ3v) is 2.94. The lowest BCUT2D eigenvalue weighted by Crippen LogP contribution is -2.24. The van der Waals surface area contributed by atoms with Crippen LogP contribution in [-0.2, 0) is 0 Å². The van der Waals surface area contributed by atoms with Gasteiger partial charge in [-0.25, -0.2) is 10.2 Å². The lowest BCUT2D eigenvalue weighted by atomic mass is 10.2. The number of nitro benzene ring substituents is 1. The van der Waals surface area contributed by atoms with Gasteiger partial charge in [0.25, 0.3) is 0 Å². The molecule has 3 N–H and O–H groups in total. The number of para-hydroxylation sites is 1. The van der Waals surface area contributed by atoms with Gasteiger partial charge in [0.2, 0.25) is 5.75 Å². The summed E-state index contributed by atoms with van der Waals surface area (Å²) in [6, 6.07) is 9.97. The van der Waals surface area contributed by atoms with Crippen molar-refractivity contribution >= 4 is 29.5 Å². The van der Waals surface area contributed by atoms with Crippen LogP contribution in [0.4, 0.5) is 10.5 Å². The number of nitro groups is 1. The number of carbonyl (C=O) groups is 1. The lowest BCUT2D eigenvalue weighted by Gasteiger charge is -2.08. The van der Waals surface area contributed by atoms with Crippen LogP contribution < -0.4 is 15.9 Å². The first kappa shape index (κ1) is 16.2. The molecular weight excluding hydrogens is 324 g/mol. The third-order valence-electron chi connectivity index (χ3n) is 2.62. The van der Waals surface area contributed by atoms with Gasteiger partial charge in [-0.2, -0.15) is 5.10 Å². The second kappa shape index (κ2) is 7.23. The molecule has 0 aromatic heterocycles. The number of carbonyl (C=O) groups excluding carboxylic acids is 1. The van der Waals surface area contributed by atoms with E-state index in [9.17, 15) is 14.9 Å². The van der Waals surface area contributed by atoms with Crippen LogP contribution in [0, 0.1) is 10.1 Å². The smallest absolute Gasteiger partial charge is 0.332 e. The number of ether oxygens (including phenoxy) is 1. The van der Waals surface area contributed by atoms with Crippen LogP contribution in [0.5, 0.6) is 11.5 Å². The Kier molecular flexibility index (Phi) is 5.11. The van der Waals surface area contributed by atoms with Crippen LogP contribution in [0.2, 0.25) is 5.02 Å². The first-order valence-electron chi connectivity index (χ1n) is 6.26. The van der Waals surface area contributed by atoms with E-state index in [2.05, 4.69) is 5.10 Å². The van der Waals surface area contributed by atoms with E-state index in [-0.39, 0.29) is 11.4 Å². The SMILES string of the molecule is NC(=O)N/N=C/c1ccc(Oc2ccccc2Cl)c([N+](=O)[O-])c1. The highest BCUT2D eigenvalue weighted by Crippen LogP contribution is 2.34. The molecule has 2 aromatic rings. The number of nitrogens with zero attached hydrogens (tertiary/aromatic N) is 2. The molecule has 0 aliphatic heterocycles. The number of benzene rings is 2. The van der Waals surface area contributed by atoms with Gasteiger partial charge in [-0.1, -0.05) is 23.7 Å². The second-order valence-corrected chi connectivity index (χ2v) is 4.66. The normalized spacial score (nSPS) is 10.5. The Balaban J connectivity index is 2.30. The Morgan fingerprint density at radius 2 is 2.04 bits per heavy atom. The maximum Gasteiger partial charge on any atom is 0.332 e. The highest BCUT2D eigenvalue weighted by Gasteiger charge is 2.17. The summed E-state index contributed by atoms with van der Waals surface area (Å²) in [5.74, 6) is 0.331. The third kappa shape index (κ3) is 4.42. The maximum atomic E-state index is 11.2. The molecule has 0 aliphatic rings. The zero-order valence-corrected chi connectivity index (χ0v) is 12.4. The number of primary amides is 1. The fourth-order valence-electron chi connectivity index (χ4n) is 1.66. The molecular formula is C14H11ClN4O4. The van der Waals surface area contributed by atoms with Crippen LogP contribution in [0.1, 0.15) is 5.56 Å². The van der Waals surface area contributed by atoms with Crippen LogP contribution in [0.15, 0.2) is 47.6 Å². The van der Waals surface area contributed by atoms with Gasteiger partial charge < -0.3 is 10.5 Å². The number of hydrazone groups is 1. The average molecular weight is 335 g/mol. The highest BCUT2D eigenvalue weighted by atomic mass is 35.5. The molecule has 0 spiro atoms. The van der Waals surface area contributed by atoms with Crippen molar-refractivity contribution in [2.75, 3.05) is 0 Å². The van der Waals surface area contributed by atoms with Crippen molar-refractivity contribution in [3.63, 3.8) is 0 Å². The number of rotatable bonds is 5. The predicted octanol–water partition coefficient (Wildman–Crippen LogP) is 3.04. The number of urea groups is 1. The van der Waals surface area contributed by atoms with Crippen LogP contribution in [0.25, 0.3) is 0 Å². The Labute approximate surface area is 135 Å². The Bertz CT molecular complexity index is 779. The molecule has 8 nitrogen and oxygen atoms in total. The van der Waals surface area contributed by atoms with Gasteiger partial charge in [0.15, 0.2) is 0 Å². The standard InChI is InChI=1S/C14H11ClN4O4/c15-10-3-1-2-4-12(10)23-13-6-5-9(7-11(13)19(21)22)8-17-18-14(16)20/h1-8H,(H3,16,18,20)/b17-8+. The second-order valence-electron chi connectivity index (χ2n) is 4.25. The molecule has 0 unspecified atom stereocenters. The summed E-state index contributed by atoms with van der Waals surface area (Å²) in [7, 11) is 0. The molecule has 2 aromatic carbocycles. The number of hydrogen-bond acceptors (Lipinski definition) is 5. The Hall–Kier alpha value is -3.13. The zero-order chi connectivity index (χ0) is 16.8. The van der Waals surface area contributed by atoms with Gasteiger partial charge in [-0.05, 0) is 24.3 Å². The zero-order valence-electron chi connectivity index (χ0n) is 11.6. The minimum absolute atomic E-state index is 0.0307. The van der Waals surface area contributed by atoms with Gasteiger partial charge in [0.1, 0.15) is 5.75 Å². The first-order chi connectivity index (χ1) is 11.0. The summed E-state index contributed by atoms with van der Waals surface area (Å²) in [4.78, 5) is 21.1. The highest BCUT2D eigenvalue weighted by molar-refractivity contribution is 6.32. The number of halogens is 1. The van der Waals surface area contributed by atoms with Crippen molar-refractivity contribution in [1.82, 2.24) is 5.43 Å². The minimum atomic E-state index is -0.838. The maximum absolute atomic E-state index is 11.2. The lowest BCUT2D eigenvalue weighted by molar-refractivity contribution is -0.385. The summed E-state index contributed by atoms with van der Waals surface area (Å²) < 4.78 is 5.49. The average Bonchev–Trinajstić information content (AvgIpc) is 2.50. The summed E-state index contributed by atoms with van der Waals surface area (Å²) in [5.41, 5.74) is 6.96. The molecule has 0 aliphatic carbocycles. The van der Waals surface area contributed by atoms with E-state index >= 15 is 0 Å². The van der Waals surface area contributed by atoms with Gasteiger partial charge in [0.05, 0.1) is 16.2 Å². The van der Waals surface area contributed by atoms with E-state index in [1.54, 1.807) is 24.3 Å². The molecule has 0 fully saturated rings. The number of hydrogen-bond donors (Lipinski definition) is 2. The molecule has 0 heterocycles. The molecule has 0 saturated carbocycles. The molecule has 0 bridgehead atoms. The molecule has 23 heavy (non-hydrogen) atoms. The fraction of sp³-hybridized carbons (Fsp3) is 0. The largest absolute Gasteiger partial charge is 0.449 e. The van der Waals surface area contributed by atoms with Crippen molar-refractivity contribution < 1.29 is 14.5 Å². The first-order valence-corrected chi connectivity index (χ1v) is 6.64. The van der Waals surface area contributed by atoms with E-state index in [4.69, 9.17) is 22.1 Å². The van der Waals surface area contributed by atoms with Gasteiger partial charge in [-0.15, -0.1) is 0 Å². The molecule has 0 atom stereocenters. The van der Waals surface area contributed by atoms with Gasteiger partial charge in [0, 0.05) is 11.6 Å². The number of nitrogens with one attached hydrogen (secondary N) is 1. The van der Waals surface area contributed by atoms with Crippen LogP contribution in [-0.4, -0.2) is 17.2 Å². The van der Waals surface area contributed by atoms with Crippen molar-refractivity contribution in [2.45, 2.75) is 0 Å². The molecule has 0 saturated heterocycles. The van der Waals surface area contributed by atoms with Crippen molar-refractivity contribution in [3.05, 3.63) is 63.2 Å². The molecule has 0 radical (unpaired) electrons. The fourth-order valence-corrected chi connectivity index (χ4v) is 1.83. The van der Waals surface area contributed by atoms with Crippen molar-refractivity contribution in [3.8, 4) is 11.5 Å². The van der Waals surface area contributed by atoms with Crippen molar-refractivity contribution in [2.24, 2.45) is 10.8 Å². The minimum Gasteiger partial charge on any atom is -0.449 e. The van der Waals surface area contributed by atoms with E-state index in [0.717, 1.165) is 0 Å². The molecule has 2 rings (SSSR count). The quantitative estimate of drug-likeness (QED) is 0.496. The van der Waals surface area contributed by atoms with E-state index < -0.39 is 11.0 Å². The summed E-state index contributed by atoms with van der Waals surface area (Å²) in [6.45, 7) is 0. The van der Waals surface area contributed by atoms with E-state index in [1.165, 1.54) is 24.4 Å². The van der Waals surface area contributed by atoms with Crippen LogP contribution in [0.3, 0.4) is 0 Å². The molecule has 118 valence electrons. The molecule has 9 heteroatoms. The van der Waals surface area contributed by atoms with E-state index in [0.29, 0.717) is 16.3 Å². The predicted molar refractivity (Wildman–Crippen MR) is 84.9 cm³/mol. The topological polar surface area (TPSA) is 120 Å². The van der Waals surface area contributed by atoms with Crippen LogP contribution >= 0.6 is 11.6 Å². The number of amides is 2.